The predicted molar refractivity (Wildman–Crippen MR) is 122 cm³/mol. The van der Waals surface area contributed by atoms with E-state index in [2.05, 4.69) is 47.8 Å². The van der Waals surface area contributed by atoms with Crippen LogP contribution in [0.4, 0.5) is 0 Å². The minimum Gasteiger partial charge on any atom is -0.253 e. The van der Waals surface area contributed by atoms with Crippen molar-refractivity contribution in [1.82, 2.24) is 0 Å². The zero-order valence-corrected chi connectivity index (χ0v) is 24.3. The summed E-state index contributed by atoms with van der Waals surface area (Å²) >= 11 is 29.0. The molecule has 0 aliphatic heterocycles. The summed E-state index contributed by atoms with van der Waals surface area (Å²) in [4.78, 5) is 0. The second-order valence-electron chi connectivity index (χ2n) is 9.02. The van der Waals surface area contributed by atoms with Crippen LogP contribution in [0.2, 0.25) is 0 Å². The maximum Gasteiger partial charge on any atom is 0.482 e. The first-order valence-electron chi connectivity index (χ1n) is 7.73. The van der Waals surface area contributed by atoms with Crippen molar-refractivity contribution in [1.29, 1.82) is 0 Å². The lowest BCUT2D eigenvalue weighted by Gasteiger charge is -2.43. The molecule has 26 heavy (non-hydrogen) atoms. The molecule has 0 bridgehead atoms. The summed E-state index contributed by atoms with van der Waals surface area (Å²) in [5, 5.41) is 0. The summed E-state index contributed by atoms with van der Waals surface area (Å²) in [5.41, 5.74) is -2.03. The molecular formula is C15H27Br3Cl3O4P. The summed E-state index contributed by atoms with van der Waals surface area (Å²) in [7, 11) is -4.41. The number of hydrogen-bond acceptors (Lipinski definition) is 4. The minimum atomic E-state index is -4.41. The second kappa shape index (κ2) is 8.51. The van der Waals surface area contributed by atoms with Gasteiger partial charge in [-0.15, -0.1) is 0 Å². The van der Waals surface area contributed by atoms with Crippen LogP contribution in [0.25, 0.3) is 0 Å². The zero-order valence-electron chi connectivity index (χ0n) is 16.3. The van der Waals surface area contributed by atoms with Gasteiger partial charge in [-0.05, 0) is 47.8 Å². The van der Waals surface area contributed by atoms with Crippen molar-refractivity contribution in [2.75, 3.05) is 0 Å². The maximum atomic E-state index is 13.6. The molecule has 0 aliphatic rings. The molecule has 0 aromatic heterocycles. The molecule has 3 unspecified atom stereocenters. The first-order chi connectivity index (χ1) is 10.9. The Kier molecular flexibility index (Phi) is 9.30. The van der Waals surface area contributed by atoms with Crippen LogP contribution in [0.15, 0.2) is 0 Å². The molecule has 0 N–H and O–H groups in total. The molecule has 0 aliphatic carbocycles. The molecule has 0 amide bonds. The van der Waals surface area contributed by atoms with Gasteiger partial charge in [0.25, 0.3) is 0 Å². The average Bonchev–Trinajstić information content (AvgIpc) is 2.19. The van der Waals surface area contributed by atoms with E-state index in [1.54, 1.807) is 62.3 Å². The van der Waals surface area contributed by atoms with E-state index in [0.29, 0.717) is 0 Å². The van der Waals surface area contributed by atoms with Crippen LogP contribution in [-0.4, -0.2) is 11.9 Å². The fourth-order valence-corrected chi connectivity index (χ4v) is 5.02. The fraction of sp³-hybridized carbons (Fsp3) is 1.00. The molecule has 3 atom stereocenters. The van der Waals surface area contributed by atoms with Crippen molar-refractivity contribution in [3.8, 4) is 0 Å². The second-order valence-corrected chi connectivity index (χ2v) is 16.8. The van der Waals surface area contributed by atoms with Crippen molar-refractivity contribution in [3.05, 3.63) is 0 Å². The van der Waals surface area contributed by atoms with Gasteiger partial charge < -0.3 is 0 Å². The maximum absolute atomic E-state index is 13.6. The summed E-state index contributed by atoms with van der Waals surface area (Å²) in [6.07, 6.45) is 0. The Morgan fingerprint density at radius 1 is 0.577 bits per heavy atom. The number of hydrogen-bond donors (Lipinski definition) is 0. The SMILES string of the molecule is CC(C)(C)C(Cl)(Br)OP(=O)(OC(Cl)(Br)C(C)(C)C)OC(Cl)(Br)C(C)(C)C. The van der Waals surface area contributed by atoms with Gasteiger partial charge >= 0.3 is 7.82 Å². The van der Waals surface area contributed by atoms with Gasteiger partial charge in [-0.3, -0.25) is 13.6 Å². The van der Waals surface area contributed by atoms with Crippen LogP contribution in [0, 0.1) is 16.2 Å². The Hall–Kier alpha value is 2.42. The number of phosphoric acid groups is 1. The highest BCUT2D eigenvalue weighted by molar-refractivity contribution is 9.10. The normalized spacial score (nSPS) is 23.5. The standard InChI is InChI=1S/C15H27Br3Cl3O4P/c1-10(2,3)13(16,19)23-26(22,24-14(17,20)11(4,5)6)25-15(18,21)12(7,8)9/h1-9H3. The fourth-order valence-electron chi connectivity index (χ4n) is 0.888. The Morgan fingerprint density at radius 2 is 0.731 bits per heavy atom. The first kappa shape index (κ1) is 28.4. The molecule has 4 nitrogen and oxygen atoms in total. The highest BCUT2D eigenvalue weighted by Crippen LogP contribution is 2.68. The Bertz CT molecular complexity index is 474. The molecule has 0 aromatic rings. The highest BCUT2D eigenvalue weighted by atomic mass is 79.9. The number of halogens is 6. The molecule has 158 valence electrons. The van der Waals surface area contributed by atoms with Gasteiger partial charge in [0.1, 0.15) is 0 Å². The van der Waals surface area contributed by atoms with Crippen LogP contribution in [0.1, 0.15) is 62.3 Å². The van der Waals surface area contributed by atoms with Crippen molar-refractivity contribution < 1.29 is 18.1 Å². The third-order valence-corrected chi connectivity index (χ3v) is 11.9. The van der Waals surface area contributed by atoms with E-state index in [9.17, 15) is 4.57 Å². The van der Waals surface area contributed by atoms with Gasteiger partial charge in [-0.2, -0.15) is 0 Å². The molecular weight excluding hydrogens is 621 g/mol. The van der Waals surface area contributed by atoms with E-state index in [4.69, 9.17) is 48.4 Å². The smallest absolute Gasteiger partial charge is 0.253 e. The molecule has 0 fully saturated rings. The van der Waals surface area contributed by atoms with E-state index in [1.165, 1.54) is 0 Å². The molecule has 0 spiro atoms. The van der Waals surface area contributed by atoms with Gasteiger partial charge in [0.05, 0.1) is 0 Å². The number of phosphoric ester groups is 1. The van der Waals surface area contributed by atoms with Crippen LogP contribution in [0.3, 0.4) is 0 Å². The predicted octanol–water partition coefficient (Wildman–Crippen LogP) is 9.15. The zero-order chi connectivity index (χ0) is 21.6. The quantitative estimate of drug-likeness (QED) is 0.213. The van der Waals surface area contributed by atoms with Gasteiger partial charge in [-0.25, -0.2) is 4.57 Å². The highest BCUT2D eigenvalue weighted by Gasteiger charge is 2.56. The Balaban J connectivity index is 6.10. The minimum absolute atomic E-state index is 0.678. The third kappa shape index (κ3) is 7.59. The van der Waals surface area contributed by atoms with Gasteiger partial charge in [0.15, 0.2) is 0 Å². The average molecular weight is 648 g/mol. The van der Waals surface area contributed by atoms with Crippen molar-refractivity contribution in [3.63, 3.8) is 0 Å². The van der Waals surface area contributed by atoms with Crippen LogP contribution in [0.5, 0.6) is 0 Å². The van der Waals surface area contributed by atoms with Crippen LogP contribution in [-0.2, 0) is 18.1 Å². The summed E-state index contributed by atoms with van der Waals surface area (Å²) < 4.78 is 25.7. The Morgan fingerprint density at radius 3 is 0.846 bits per heavy atom. The van der Waals surface area contributed by atoms with Crippen molar-refractivity contribution >= 4 is 90.4 Å². The molecule has 0 heterocycles. The van der Waals surface area contributed by atoms with E-state index < -0.39 is 36.0 Å². The molecule has 0 saturated carbocycles. The van der Waals surface area contributed by atoms with Gasteiger partial charge in [0.2, 0.25) is 11.9 Å². The molecule has 0 saturated heterocycles. The van der Waals surface area contributed by atoms with E-state index in [1.807, 2.05) is 0 Å². The molecule has 0 aromatic carbocycles. The molecule has 0 radical (unpaired) electrons. The van der Waals surface area contributed by atoms with E-state index >= 15 is 0 Å². The summed E-state index contributed by atoms with van der Waals surface area (Å²) in [6.45, 7) is 16.1. The summed E-state index contributed by atoms with van der Waals surface area (Å²) in [5.74, 6) is 0. The largest absolute Gasteiger partial charge is 0.482 e. The van der Waals surface area contributed by atoms with Crippen LogP contribution < -0.4 is 0 Å². The lowest BCUT2D eigenvalue weighted by molar-refractivity contribution is -0.00395. The lowest BCUT2D eigenvalue weighted by atomic mass is 9.98. The monoisotopic (exact) mass is 644 g/mol. The topological polar surface area (TPSA) is 44.8 Å². The van der Waals surface area contributed by atoms with Gasteiger partial charge in [-0.1, -0.05) is 97.1 Å². The molecule has 0 rings (SSSR count). The molecule has 11 heteroatoms. The van der Waals surface area contributed by atoms with Crippen molar-refractivity contribution in [2.24, 2.45) is 16.2 Å². The van der Waals surface area contributed by atoms with E-state index in [0.717, 1.165) is 0 Å². The van der Waals surface area contributed by atoms with Gasteiger partial charge in [0, 0.05) is 16.2 Å². The van der Waals surface area contributed by atoms with Crippen molar-refractivity contribution in [2.45, 2.75) is 74.2 Å². The summed E-state index contributed by atoms with van der Waals surface area (Å²) in [6, 6.07) is 0. The first-order valence-corrected chi connectivity index (χ1v) is 12.7. The number of rotatable bonds is 6. The lowest BCUT2D eigenvalue weighted by Crippen LogP contribution is -2.40. The van der Waals surface area contributed by atoms with E-state index in [-0.39, 0.29) is 0 Å². The van der Waals surface area contributed by atoms with Crippen LogP contribution >= 0.6 is 90.4 Å². The Labute approximate surface area is 197 Å². The third-order valence-electron chi connectivity index (χ3n) is 3.30. The number of alkyl halides is 6.